The van der Waals surface area contributed by atoms with E-state index in [0.29, 0.717) is 23.2 Å². The molecule has 0 amide bonds. The molecule has 0 radical (unpaired) electrons. The number of rotatable bonds is 2. The van der Waals surface area contributed by atoms with Gasteiger partial charge in [-0.3, -0.25) is 0 Å². The quantitative estimate of drug-likeness (QED) is 0.830. The van der Waals surface area contributed by atoms with Gasteiger partial charge in [-0.05, 0) is 25.5 Å². The van der Waals surface area contributed by atoms with E-state index in [2.05, 4.69) is 9.97 Å². The van der Waals surface area contributed by atoms with Crippen LogP contribution in [0, 0.1) is 18.6 Å². The number of hydrogen-bond acceptors (Lipinski definition) is 1. The normalized spacial score (nSPS) is 10.8. The van der Waals surface area contributed by atoms with Crippen molar-refractivity contribution in [3.8, 4) is 11.3 Å². The molecule has 16 heavy (non-hydrogen) atoms. The Hall–Kier alpha value is -1.71. The van der Waals surface area contributed by atoms with Gasteiger partial charge in [-0.1, -0.05) is 6.92 Å². The Morgan fingerprint density at radius 2 is 2.06 bits per heavy atom. The summed E-state index contributed by atoms with van der Waals surface area (Å²) in [6.45, 7) is 3.65. The highest BCUT2D eigenvalue weighted by atomic mass is 19.2. The third kappa shape index (κ3) is 1.60. The van der Waals surface area contributed by atoms with Crippen LogP contribution < -0.4 is 0 Å². The molecule has 2 rings (SSSR count). The van der Waals surface area contributed by atoms with Crippen LogP contribution in [0.3, 0.4) is 0 Å². The lowest BCUT2D eigenvalue weighted by atomic mass is 10.0. The monoisotopic (exact) mass is 222 g/mol. The highest BCUT2D eigenvalue weighted by Gasteiger charge is 2.15. The van der Waals surface area contributed by atoms with E-state index < -0.39 is 11.6 Å². The van der Waals surface area contributed by atoms with Gasteiger partial charge in [0.15, 0.2) is 11.6 Å². The van der Waals surface area contributed by atoms with Gasteiger partial charge < -0.3 is 4.98 Å². The fourth-order valence-electron chi connectivity index (χ4n) is 1.79. The number of aryl methyl sites for hydroxylation is 1. The van der Waals surface area contributed by atoms with Gasteiger partial charge in [0.2, 0.25) is 0 Å². The molecule has 0 aliphatic carbocycles. The lowest BCUT2D eigenvalue weighted by Crippen LogP contribution is -1.97. The summed E-state index contributed by atoms with van der Waals surface area (Å²) in [4.78, 5) is 7.05. The van der Waals surface area contributed by atoms with Gasteiger partial charge in [-0.2, -0.15) is 0 Å². The lowest BCUT2D eigenvalue weighted by Gasteiger charge is -2.08. The van der Waals surface area contributed by atoms with Crippen molar-refractivity contribution in [2.24, 2.45) is 0 Å². The minimum atomic E-state index is -0.811. The summed E-state index contributed by atoms with van der Waals surface area (Å²) in [6.07, 6.45) is 1.98. The van der Waals surface area contributed by atoms with Crippen molar-refractivity contribution in [1.29, 1.82) is 0 Å². The first-order chi connectivity index (χ1) is 7.65. The van der Waals surface area contributed by atoms with E-state index in [9.17, 15) is 8.78 Å². The minimum Gasteiger partial charge on any atom is -0.348 e. The molecule has 0 fully saturated rings. The first-order valence-corrected chi connectivity index (χ1v) is 5.12. The Kier molecular flexibility index (Phi) is 2.73. The number of imidazole rings is 1. The fraction of sp³-hybridized carbons (Fsp3) is 0.250. The summed E-state index contributed by atoms with van der Waals surface area (Å²) in [5, 5.41) is 0. The van der Waals surface area contributed by atoms with E-state index in [0.717, 1.165) is 11.8 Å². The Labute approximate surface area is 92.3 Å². The van der Waals surface area contributed by atoms with E-state index in [1.807, 2.05) is 6.92 Å². The number of nitrogens with zero attached hydrogens (tertiary/aromatic N) is 1. The average Bonchev–Trinajstić information content (AvgIpc) is 2.68. The molecule has 0 saturated heterocycles. The first kappa shape index (κ1) is 10.8. The van der Waals surface area contributed by atoms with Crippen LogP contribution in [0.25, 0.3) is 11.3 Å². The molecule has 1 aromatic carbocycles. The maximum Gasteiger partial charge on any atom is 0.162 e. The third-order valence-corrected chi connectivity index (χ3v) is 2.63. The number of aromatic amines is 1. The lowest BCUT2D eigenvalue weighted by molar-refractivity contribution is 0.500. The average molecular weight is 222 g/mol. The number of halogens is 2. The number of aromatic nitrogens is 2. The van der Waals surface area contributed by atoms with Crippen molar-refractivity contribution in [2.75, 3.05) is 0 Å². The second kappa shape index (κ2) is 4.04. The van der Waals surface area contributed by atoms with Gasteiger partial charge in [0.25, 0.3) is 0 Å². The van der Waals surface area contributed by atoms with E-state index in [4.69, 9.17) is 0 Å². The maximum atomic E-state index is 13.6. The summed E-state index contributed by atoms with van der Waals surface area (Å²) in [7, 11) is 0. The van der Waals surface area contributed by atoms with Gasteiger partial charge >= 0.3 is 0 Å². The standard InChI is InChI=1S/C12H12F2N2/c1-3-8-9(4-5-10(13)11(8)14)12-7(2)15-6-16-12/h4-6H,3H2,1-2H3,(H,15,16). The molecule has 1 N–H and O–H groups in total. The van der Waals surface area contributed by atoms with Crippen molar-refractivity contribution < 1.29 is 8.78 Å². The van der Waals surface area contributed by atoms with Crippen molar-refractivity contribution in [2.45, 2.75) is 20.3 Å². The van der Waals surface area contributed by atoms with Gasteiger partial charge in [-0.25, -0.2) is 13.8 Å². The molecular weight excluding hydrogens is 210 g/mol. The zero-order valence-electron chi connectivity index (χ0n) is 9.14. The number of hydrogen-bond donors (Lipinski definition) is 1. The molecule has 0 spiro atoms. The number of benzene rings is 1. The van der Waals surface area contributed by atoms with E-state index in [1.165, 1.54) is 0 Å². The zero-order chi connectivity index (χ0) is 11.7. The van der Waals surface area contributed by atoms with Crippen LogP contribution in [0.5, 0.6) is 0 Å². The van der Waals surface area contributed by atoms with Gasteiger partial charge in [0.05, 0.1) is 12.0 Å². The highest BCUT2D eigenvalue weighted by Crippen LogP contribution is 2.27. The van der Waals surface area contributed by atoms with Crippen LogP contribution in [0.2, 0.25) is 0 Å². The van der Waals surface area contributed by atoms with Crippen LogP contribution in [0.1, 0.15) is 18.2 Å². The molecule has 2 aromatic rings. The molecule has 0 saturated carbocycles. The first-order valence-electron chi connectivity index (χ1n) is 5.12. The molecule has 84 valence electrons. The second-order valence-corrected chi connectivity index (χ2v) is 3.62. The zero-order valence-corrected chi connectivity index (χ0v) is 9.14. The molecule has 4 heteroatoms. The third-order valence-electron chi connectivity index (χ3n) is 2.63. The summed E-state index contributed by atoms with van der Waals surface area (Å²) in [5.41, 5.74) is 2.55. The van der Waals surface area contributed by atoms with Crippen LogP contribution in [-0.4, -0.2) is 9.97 Å². The van der Waals surface area contributed by atoms with E-state index in [1.54, 1.807) is 19.3 Å². The predicted octanol–water partition coefficient (Wildman–Crippen LogP) is 3.23. The molecular formula is C12H12F2N2. The topological polar surface area (TPSA) is 28.7 Å². The van der Waals surface area contributed by atoms with Crippen LogP contribution in [0.4, 0.5) is 8.78 Å². The van der Waals surface area contributed by atoms with Crippen molar-refractivity contribution >= 4 is 0 Å². The van der Waals surface area contributed by atoms with Crippen molar-refractivity contribution in [1.82, 2.24) is 9.97 Å². The fourth-order valence-corrected chi connectivity index (χ4v) is 1.79. The SMILES string of the molecule is CCc1c(-c2nc[nH]c2C)ccc(F)c1F. The molecule has 0 unspecified atom stereocenters. The number of nitrogens with one attached hydrogen (secondary N) is 1. The van der Waals surface area contributed by atoms with Crippen molar-refractivity contribution in [3.05, 3.63) is 41.4 Å². The van der Waals surface area contributed by atoms with Crippen LogP contribution in [-0.2, 0) is 6.42 Å². The Balaban J connectivity index is 2.66. The maximum absolute atomic E-state index is 13.6. The van der Waals surface area contributed by atoms with E-state index >= 15 is 0 Å². The van der Waals surface area contributed by atoms with Crippen LogP contribution in [0.15, 0.2) is 18.5 Å². The predicted molar refractivity (Wildman–Crippen MR) is 58.1 cm³/mol. The summed E-state index contributed by atoms with van der Waals surface area (Å²) in [5.74, 6) is -1.59. The van der Waals surface area contributed by atoms with Gasteiger partial charge in [0.1, 0.15) is 0 Å². The minimum absolute atomic E-state index is 0.371. The Morgan fingerprint density at radius 1 is 1.31 bits per heavy atom. The molecule has 0 atom stereocenters. The molecule has 1 aromatic heterocycles. The van der Waals surface area contributed by atoms with E-state index in [-0.39, 0.29) is 0 Å². The smallest absolute Gasteiger partial charge is 0.162 e. The summed E-state index contributed by atoms with van der Waals surface area (Å²) >= 11 is 0. The molecule has 0 aliphatic heterocycles. The summed E-state index contributed by atoms with van der Waals surface area (Å²) < 4.78 is 26.7. The largest absolute Gasteiger partial charge is 0.348 e. The van der Waals surface area contributed by atoms with Gasteiger partial charge in [0, 0.05) is 16.8 Å². The summed E-state index contributed by atoms with van der Waals surface area (Å²) in [6, 6.07) is 2.71. The van der Waals surface area contributed by atoms with Gasteiger partial charge in [-0.15, -0.1) is 0 Å². The highest BCUT2D eigenvalue weighted by molar-refractivity contribution is 5.66. The van der Waals surface area contributed by atoms with Crippen LogP contribution >= 0.6 is 0 Å². The molecule has 0 bridgehead atoms. The molecule has 0 aliphatic rings. The Morgan fingerprint density at radius 3 is 2.62 bits per heavy atom. The second-order valence-electron chi connectivity index (χ2n) is 3.62. The Bertz CT molecular complexity index is 518. The number of H-pyrrole nitrogens is 1. The molecule has 1 heterocycles. The van der Waals surface area contributed by atoms with Crippen molar-refractivity contribution in [3.63, 3.8) is 0 Å². The molecule has 2 nitrogen and oxygen atoms in total.